The fraction of sp³-hybridized carbons (Fsp3) is 0.500. The molecule has 78 valence electrons. The first-order valence-electron chi connectivity index (χ1n) is 5.17. The highest BCUT2D eigenvalue weighted by Gasteiger charge is 2.38. The Kier molecular flexibility index (Phi) is 1.68. The fourth-order valence-electron chi connectivity index (χ4n) is 2.67. The highest BCUT2D eigenvalue weighted by molar-refractivity contribution is 5.29. The van der Waals surface area contributed by atoms with Crippen molar-refractivity contribution < 1.29 is 0 Å². The maximum absolute atomic E-state index is 5.56. The van der Waals surface area contributed by atoms with Crippen LogP contribution in [0.1, 0.15) is 24.6 Å². The summed E-state index contributed by atoms with van der Waals surface area (Å²) < 4.78 is 0. The van der Waals surface area contributed by atoms with E-state index in [1.165, 1.54) is 6.42 Å². The lowest BCUT2D eigenvalue weighted by molar-refractivity contribution is 0.552. The van der Waals surface area contributed by atoms with E-state index in [4.69, 9.17) is 11.5 Å². The lowest BCUT2D eigenvalue weighted by Gasteiger charge is -2.16. The quantitative estimate of drug-likeness (QED) is 0.656. The topological polar surface area (TPSA) is 90.7 Å². The van der Waals surface area contributed by atoms with Crippen molar-refractivity contribution in [2.75, 3.05) is 11.5 Å². The second-order valence-corrected chi connectivity index (χ2v) is 4.30. The fourth-order valence-corrected chi connectivity index (χ4v) is 2.67. The van der Waals surface area contributed by atoms with Crippen LogP contribution in [0.15, 0.2) is 12.2 Å². The Labute approximate surface area is 87.6 Å². The molecule has 2 aliphatic rings. The molecule has 1 aromatic rings. The van der Waals surface area contributed by atoms with Crippen molar-refractivity contribution in [3.05, 3.63) is 18.0 Å². The molecule has 0 aliphatic heterocycles. The van der Waals surface area contributed by atoms with Gasteiger partial charge in [0, 0.05) is 5.92 Å². The standard InChI is InChI=1S/C10H13N5/c11-9-13-8(14-10(12)15-9)7-4-5-1-2-6(7)3-5/h1-2,5-7H,3-4H2,(H4,11,12,13,14,15)/t5-,6-,7+/m1/s1. The zero-order valence-corrected chi connectivity index (χ0v) is 8.30. The van der Waals surface area contributed by atoms with Crippen molar-refractivity contribution in [2.45, 2.75) is 18.8 Å². The molecule has 3 rings (SSSR count). The SMILES string of the molecule is Nc1nc(N)nc([C@H]2C[C@@H]3C=C[C@@H]2C3)n1. The highest BCUT2D eigenvalue weighted by Crippen LogP contribution is 2.47. The molecular formula is C10H13N5. The third-order valence-electron chi connectivity index (χ3n) is 3.30. The minimum absolute atomic E-state index is 0.226. The predicted molar refractivity (Wildman–Crippen MR) is 56.7 cm³/mol. The van der Waals surface area contributed by atoms with Gasteiger partial charge in [-0.05, 0) is 24.7 Å². The van der Waals surface area contributed by atoms with Gasteiger partial charge in [0.15, 0.2) is 0 Å². The molecule has 4 N–H and O–H groups in total. The van der Waals surface area contributed by atoms with Crippen LogP contribution in [0.2, 0.25) is 0 Å². The molecule has 0 unspecified atom stereocenters. The van der Waals surface area contributed by atoms with E-state index in [1.807, 2.05) is 0 Å². The number of anilines is 2. The minimum atomic E-state index is 0.226. The van der Waals surface area contributed by atoms with Crippen molar-refractivity contribution in [1.29, 1.82) is 0 Å². The van der Waals surface area contributed by atoms with Gasteiger partial charge in [-0.3, -0.25) is 0 Å². The van der Waals surface area contributed by atoms with Crippen molar-refractivity contribution >= 4 is 11.9 Å². The number of nitrogens with two attached hydrogens (primary N) is 2. The number of rotatable bonds is 1. The zero-order valence-electron chi connectivity index (χ0n) is 8.30. The molecule has 1 heterocycles. The van der Waals surface area contributed by atoms with Crippen LogP contribution in [-0.2, 0) is 0 Å². The minimum Gasteiger partial charge on any atom is -0.368 e. The third kappa shape index (κ3) is 1.35. The summed E-state index contributed by atoms with van der Waals surface area (Å²) in [4.78, 5) is 12.1. The maximum atomic E-state index is 5.56. The first kappa shape index (κ1) is 8.64. The summed E-state index contributed by atoms with van der Waals surface area (Å²) in [6.45, 7) is 0. The van der Waals surface area contributed by atoms with Crippen LogP contribution in [0.3, 0.4) is 0 Å². The van der Waals surface area contributed by atoms with Crippen LogP contribution in [0.25, 0.3) is 0 Å². The molecule has 1 aromatic heterocycles. The van der Waals surface area contributed by atoms with Crippen LogP contribution in [-0.4, -0.2) is 15.0 Å². The van der Waals surface area contributed by atoms with Crippen molar-refractivity contribution in [1.82, 2.24) is 15.0 Å². The number of hydrogen-bond acceptors (Lipinski definition) is 5. The maximum Gasteiger partial charge on any atom is 0.225 e. The summed E-state index contributed by atoms with van der Waals surface area (Å²) in [6, 6.07) is 0. The molecule has 0 spiro atoms. The first-order chi connectivity index (χ1) is 7.22. The third-order valence-corrected chi connectivity index (χ3v) is 3.30. The van der Waals surface area contributed by atoms with Crippen molar-refractivity contribution in [3.8, 4) is 0 Å². The predicted octanol–water partition coefficient (Wildman–Crippen LogP) is 0.716. The summed E-state index contributed by atoms with van der Waals surface area (Å²) in [6.07, 6.45) is 6.88. The highest BCUT2D eigenvalue weighted by atomic mass is 15.1. The molecule has 0 saturated heterocycles. The Morgan fingerprint density at radius 3 is 2.27 bits per heavy atom. The molecule has 0 amide bonds. The van der Waals surface area contributed by atoms with Gasteiger partial charge in [0.25, 0.3) is 0 Å². The number of aromatic nitrogens is 3. The van der Waals surface area contributed by atoms with Gasteiger partial charge in [-0.1, -0.05) is 12.2 Å². The van der Waals surface area contributed by atoms with Crippen LogP contribution < -0.4 is 11.5 Å². The molecule has 1 fully saturated rings. The second-order valence-electron chi connectivity index (χ2n) is 4.30. The first-order valence-corrected chi connectivity index (χ1v) is 5.17. The van der Waals surface area contributed by atoms with E-state index in [-0.39, 0.29) is 11.9 Å². The summed E-state index contributed by atoms with van der Waals surface area (Å²) >= 11 is 0. The largest absolute Gasteiger partial charge is 0.368 e. The molecule has 5 heteroatoms. The van der Waals surface area contributed by atoms with Crippen LogP contribution in [0.4, 0.5) is 11.9 Å². The van der Waals surface area contributed by atoms with Crippen LogP contribution in [0.5, 0.6) is 0 Å². The summed E-state index contributed by atoms with van der Waals surface area (Å²) in [5.74, 6) is 2.85. The van der Waals surface area contributed by atoms with Crippen molar-refractivity contribution in [3.63, 3.8) is 0 Å². The number of hydrogen-bond donors (Lipinski definition) is 2. The number of nitrogens with zero attached hydrogens (tertiary/aromatic N) is 3. The monoisotopic (exact) mass is 203 g/mol. The van der Waals surface area contributed by atoms with E-state index >= 15 is 0 Å². The summed E-state index contributed by atoms with van der Waals surface area (Å²) in [5, 5.41) is 0. The Morgan fingerprint density at radius 1 is 1.00 bits per heavy atom. The Balaban J connectivity index is 1.96. The molecule has 2 aliphatic carbocycles. The lowest BCUT2D eigenvalue weighted by atomic mass is 9.93. The van der Waals surface area contributed by atoms with Crippen LogP contribution >= 0.6 is 0 Å². The van der Waals surface area contributed by atoms with Gasteiger partial charge >= 0.3 is 0 Å². The van der Waals surface area contributed by atoms with Gasteiger partial charge in [0.1, 0.15) is 5.82 Å². The Hall–Kier alpha value is -1.65. The zero-order chi connectivity index (χ0) is 10.4. The molecule has 0 radical (unpaired) electrons. The Bertz CT molecular complexity index is 408. The number of fused-ring (bicyclic) bond motifs is 2. The smallest absolute Gasteiger partial charge is 0.225 e. The average molecular weight is 203 g/mol. The molecule has 5 nitrogen and oxygen atoms in total. The summed E-state index contributed by atoms with van der Waals surface area (Å²) in [5.41, 5.74) is 11.1. The van der Waals surface area contributed by atoms with E-state index < -0.39 is 0 Å². The van der Waals surface area contributed by atoms with E-state index in [0.717, 1.165) is 12.2 Å². The van der Waals surface area contributed by atoms with E-state index in [0.29, 0.717) is 17.8 Å². The van der Waals surface area contributed by atoms with Crippen LogP contribution in [0, 0.1) is 11.8 Å². The van der Waals surface area contributed by atoms with E-state index in [1.54, 1.807) is 0 Å². The molecule has 2 bridgehead atoms. The number of nitrogen functional groups attached to an aromatic ring is 2. The van der Waals surface area contributed by atoms with E-state index in [2.05, 4.69) is 27.1 Å². The molecule has 1 saturated carbocycles. The molecular weight excluding hydrogens is 190 g/mol. The van der Waals surface area contributed by atoms with Gasteiger partial charge in [-0.25, -0.2) is 0 Å². The summed E-state index contributed by atoms with van der Waals surface area (Å²) in [7, 11) is 0. The van der Waals surface area contributed by atoms with Gasteiger partial charge in [-0.15, -0.1) is 0 Å². The molecule has 3 atom stereocenters. The lowest BCUT2D eigenvalue weighted by Crippen LogP contribution is -2.13. The second kappa shape index (κ2) is 2.92. The van der Waals surface area contributed by atoms with Gasteiger partial charge in [0.05, 0.1) is 0 Å². The van der Waals surface area contributed by atoms with Gasteiger partial charge in [0.2, 0.25) is 11.9 Å². The van der Waals surface area contributed by atoms with Gasteiger partial charge < -0.3 is 11.5 Å². The van der Waals surface area contributed by atoms with E-state index in [9.17, 15) is 0 Å². The van der Waals surface area contributed by atoms with Crippen molar-refractivity contribution in [2.24, 2.45) is 11.8 Å². The Morgan fingerprint density at radius 2 is 1.73 bits per heavy atom. The van der Waals surface area contributed by atoms with Gasteiger partial charge in [-0.2, -0.15) is 15.0 Å². The molecule has 15 heavy (non-hydrogen) atoms. The molecule has 0 aromatic carbocycles. The number of allylic oxidation sites excluding steroid dienone is 2. The average Bonchev–Trinajstić information content (AvgIpc) is 2.76. The normalized spacial score (nSPS) is 32.4.